The predicted octanol–water partition coefficient (Wildman–Crippen LogP) is 3.05. The fourth-order valence-electron chi connectivity index (χ4n) is 2.71. The summed E-state index contributed by atoms with van der Waals surface area (Å²) in [6, 6.07) is 10.0. The summed E-state index contributed by atoms with van der Waals surface area (Å²) in [6.45, 7) is 0. The van der Waals surface area contributed by atoms with Crippen LogP contribution in [0.1, 0.15) is 33.9 Å². The maximum absolute atomic E-state index is 12.3. The number of hydrogen-bond acceptors (Lipinski definition) is 3. The van der Waals surface area contributed by atoms with Gasteiger partial charge in [-0.25, -0.2) is 0 Å². The molecule has 2 aromatic carbocycles. The number of nitrogens with one attached hydrogen (secondary N) is 1. The van der Waals surface area contributed by atoms with Gasteiger partial charge in [0.1, 0.15) is 5.75 Å². The van der Waals surface area contributed by atoms with E-state index in [-0.39, 0.29) is 23.3 Å². The minimum atomic E-state index is -0.287. The van der Waals surface area contributed by atoms with Crippen molar-refractivity contribution >= 4 is 23.2 Å². The number of fused-ring (bicyclic) bond motifs is 1. The van der Waals surface area contributed by atoms with Gasteiger partial charge in [-0.1, -0.05) is 17.7 Å². The minimum Gasteiger partial charge on any atom is -0.508 e. The second-order valence-electron chi connectivity index (χ2n) is 5.19. The van der Waals surface area contributed by atoms with Gasteiger partial charge in [0, 0.05) is 5.69 Å². The summed E-state index contributed by atoms with van der Waals surface area (Å²) in [7, 11) is 0. The van der Waals surface area contributed by atoms with E-state index in [1.165, 1.54) is 23.8 Å². The lowest BCUT2D eigenvalue weighted by atomic mass is 10.1. The zero-order valence-electron chi connectivity index (χ0n) is 11.3. The molecule has 0 spiro atoms. The predicted molar refractivity (Wildman–Crippen MR) is 82.5 cm³/mol. The minimum absolute atomic E-state index is 0.0177. The molecule has 0 aliphatic heterocycles. The fourth-order valence-corrected chi connectivity index (χ4v) is 2.91. The van der Waals surface area contributed by atoms with Crippen molar-refractivity contribution in [3.63, 3.8) is 0 Å². The van der Waals surface area contributed by atoms with Crippen LogP contribution in [0.25, 0.3) is 0 Å². The number of nitrogen functional groups attached to an aromatic ring is 1. The number of aryl methyl sites for hydroxylation is 1. The van der Waals surface area contributed by atoms with Crippen LogP contribution in [-0.2, 0) is 6.42 Å². The largest absolute Gasteiger partial charge is 0.508 e. The van der Waals surface area contributed by atoms with E-state index in [2.05, 4.69) is 5.32 Å². The number of carbonyl (C=O) groups is 1. The number of benzene rings is 2. The summed E-state index contributed by atoms with van der Waals surface area (Å²) in [5.74, 6) is -0.269. The molecular weight excluding hydrogens is 288 g/mol. The first kappa shape index (κ1) is 13.8. The Morgan fingerprint density at radius 1 is 1.29 bits per heavy atom. The van der Waals surface area contributed by atoms with Gasteiger partial charge in [0.25, 0.3) is 5.91 Å². The van der Waals surface area contributed by atoms with Crippen molar-refractivity contribution in [1.82, 2.24) is 5.32 Å². The van der Waals surface area contributed by atoms with Gasteiger partial charge in [0.05, 0.1) is 16.6 Å². The molecule has 4 nitrogen and oxygen atoms in total. The van der Waals surface area contributed by atoms with E-state index in [1.807, 2.05) is 18.2 Å². The molecule has 0 heterocycles. The van der Waals surface area contributed by atoms with Gasteiger partial charge in [-0.15, -0.1) is 0 Å². The molecule has 1 atom stereocenters. The molecule has 21 heavy (non-hydrogen) atoms. The number of anilines is 1. The van der Waals surface area contributed by atoms with Crippen LogP contribution < -0.4 is 11.1 Å². The molecule has 1 aliphatic rings. The van der Waals surface area contributed by atoms with Crippen LogP contribution in [0.15, 0.2) is 36.4 Å². The molecule has 0 saturated carbocycles. The van der Waals surface area contributed by atoms with Gasteiger partial charge in [-0.3, -0.25) is 4.79 Å². The van der Waals surface area contributed by atoms with Crippen LogP contribution in [0, 0.1) is 0 Å². The van der Waals surface area contributed by atoms with Gasteiger partial charge in [0.15, 0.2) is 0 Å². The Kier molecular flexibility index (Phi) is 3.47. The average Bonchev–Trinajstić information content (AvgIpc) is 2.83. The first-order valence-corrected chi connectivity index (χ1v) is 7.10. The van der Waals surface area contributed by atoms with Crippen molar-refractivity contribution in [2.24, 2.45) is 0 Å². The molecule has 2 aromatic rings. The van der Waals surface area contributed by atoms with Crippen molar-refractivity contribution in [3.05, 3.63) is 58.1 Å². The molecule has 1 amide bonds. The summed E-state index contributed by atoms with van der Waals surface area (Å²) in [6.07, 6.45) is 1.72. The molecule has 108 valence electrons. The lowest BCUT2D eigenvalue weighted by molar-refractivity contribution is 0.0936. The number of carbonyl (C=O) groups excluding carboxylic acids is 1. The first-order chi connectivity index (χ1) is 10.0. The first-order valence-electron chi connectivity index (χ1n) is 6.72. The Labute approximate surface area is 127 Å². The molecule has 1 unspecified atom stereocenters. The summed E-state index contributed by atoms with van der Waals surface area (Å²) in [5.41, 5.74) is 9.04. The van der Waals surface area contributed by atoms with Crippen LogP contribution in [0.5, 0.6) is 5.75 Å². The number of amides is 1. The average molecular weight is 303 g/mol. The fraction of sp³-hybridized carbons (Fsp3) is 0.188. The summed E-state index contributed by atoms with van der Waals surface area (Å²) in [4.78, 5) is 12.3. The quantitative estimate of drug-likeness (QED) is 0.746. The number of halogens is 1. The molecule has 0 saturated heterocycles. The highest BCUT2D eigenvalue weighted by Crippen LogP contribution is 2.33. The lowest BCUT2D eigenvalue weighted by Gasteiger charge is -2.15. The Morgan fingerprint density at radius 2 is 2.10 bits per heavy atom. The zero-order chi connectivity index (χ0) is 15.0. The van der Waals surface area contributed by atoms with Gasteiger partial charge in [0.2, 0.25) is 0 Å². The Bertz CT molecular complexity index is 715. The highest BCUT2D eigenvalue weighted by Gasteiger charge is 2.25. The topological polar surface area (TPSA) is 75.3 Å². The van der Waals surface area contributed by atoms with Crippen molar-refractivity contribution in [1.29, 1.82) is 0 Å². The third kappa shape index (κ3) is 2.67. The standard InChI is InChI=1S/C16H15ClN2O2/c17-14-5-3-11(20)8-13(14)16(21)19-15-6-1-9-7-10(18)2-4-12(9)15/h2-5,7-8,15,20H,1,6,18H2,(H,19,21). The molecule has 4 N–H and O–H groups in total. The van der Waals surface area contributed by atoms with Gasteiger partial charge in [-0.05, 0) is 54.3 Å². The molecule has 0 aromatic heterocycles. The number of rotatable bonds is 2. The molecule has 0 radical (unpaired) electrons. The van der Waals surface area contributed by atoms with Crippen molar-refractivity contribution in [2.75, 3.05) is 5.73 Å². The molecule has 1 aliphatic carbocycles. The number of phenols is 1. The molecule has 5 heteroatoms. The van der Waals surface area contributed by atoms with Crippen LogP contribution in [0.3, 0.4) is 0 Å². The van der Waals surface area contributed by atoms with Crippen molar-refractivity contribution in [2.45, 2.75) is 18.9 Å². The van der Waals surface area contributed by atoms with Crippen LogP contribution in [-0.4, -0.2) is 11.0 Å². The molecule has 3 rings (SSSR count). The molecule has 0 bridgehead atoms. The van der Waals surface area contributed by atoms with E-state index in [1.54, 1.807) is 0 Å². The smallest absolute Gasteiger partial charge is 0.253 e. The van der Waals surface area contributed by atoms with E-state index < -0.39 is 0 Å². The van der Waals surface area contributed by atoms with Gasteiger partial charge < -0.3 is 16.2 Å². The maximum atomic E-state index is 12.3. The van der Waals surface area contributed by atoms with E-state index >= 15 is 0 Å². The normalized spacial score (nSPS) is 16.5. The molecular formula is C16H15ClN2O2. The summed E-state index contributed by atoms with van der Waals surface area (Å²) < 4.78 is 0. The zero-order valence-corrected chi connectivity index (χ0v) is 12.0. The van der Waals surface area contributed by atoms with Crippen LogP contribution in [0.4, 0.5) is 5.69 Å². The number of hydrogen-bond donors (Lipinski definition) is 3. The van der Waals surface area contributed by atoms with E-state index in [0.717, 1.165) is 24.1 Å². The second kappa shape index (κ2) is 5.30. The third-order valence-corrected chi connectivity index (χ3v) is 4.07. The van der Waals surface area contributed by atoms with Crippen LogP contribution >= 0.6 is 11.6 Å². The monoisotopic (exact) mass is 302 g/mol. The summed E-state index contributed by atoms with van der Waals surface area (Å²) in [5, 5.41) is 12.8. The van der Waals surface area contributed by atoms with E-state index in [4.69, 9.17) is 17.3 Å². The SMILES string of the molecule is Nc1ccc2c(c1)CCC2NC(=O)c1cc(O)ccc1Cl. The number of aromatic hydroxyl groups is 1. The Balaban J connectivity index is 1.82. The number of phenolic OH excluding ortho intramolecular Hbond substituents is 1. The second-order valence-corrected chi connectivity index (χ2v) is 5.59. The van der Waals surface area contributed by atoms with Crippen molar-refractivity contribution < 1.29 is 9.90 Å². The lowest BCUT2D eigenvalue weighted by Crippen LogP contribution is -2.27. The van der Waals surface area contributed by atoms with Gasteiger partial charge >= 0.3 is 0 Å². The Hall–Kier alpha value is -2.20. The summed E-state index contributed by atoms with van der Waals surface area (Å²) >= 11 is 6.01. The van der Waals surface area contributed by atoms with Crippen LogP contribution in [0.2, 0.25) is 5.02 Å². The maximum Gasteiger partial charge on any atom is 0.253 e. The third-order valence-electron chi connectivity index (χ3n) is 3.74. The number of nitrogens with two attached hydrogens (primary N) is 1. The van der Waals surface area contributed by atoms with Crippen molar-refractivity contribution in [3.8, 4) is 5.75 Å². The molecule has 0 fully saturated rings. The highest BCUT2D eigenvalue weighted by atomic mass is 35.5. The Morgan fingerprint density at radius 3 is 2.90 bits per heavy atom. The van der Waals surface area contributed by atoms with E-state index in [9.17, 15) is 9.90 Å². The van der Waals surface area contributed by atoms with Gasteiger partial charge in [-0.2, -0.15) is 0 Å². The van der Waals surface area contributed by atoms with E-state index in [0.29, 0.717) is 5.02 Å². The highest BCUT2D eigenvalue weighted by molar-refractivity contribution is 6.33.